The number of likely N-dealkylation sites (N-methyl/N-ethyl adjacent to an activating group) is 1. The molecule has 9 nitrogen and oxygen atoms in total. The predicted octanol–water partition coefficient (Wildman–Crippen LogP) is 1.72. The lowest BCUT2D eigenvalue weighted by Crippen LogP contribution is -2.40. The summed E-state index contributed by atoms with van der Waals surface area (Å²) in [5, 5.41) is 0. The van der Waals surface area contributed by atoms with Gasteiger partial charge in [0, 0.05) is 39.3 Å². The monoisotopic (exact) mass is 467 g/mol. The maximum Gasteiger partial charge on any atom is 0.340 e. The van der Waals surface area contributed by atoms with Crippen LogP contribution in [0, 0.1) is 0 Å². The minimum atomic E-state index is -3.77. The highest BCUT2D eigenvalue weighted by atomic mass is 32.2. The topological polar surface area (TPSA) is 96.5 Å². The summed E-state index contributed by atoms with van der Waals surface area (Å²) in [5.74, 6) is -0.968. The predicted molar refractivity (Wildman–Crippen MR) is 120 cm³/mol. The highest BCUT2D eigenvalue weighted by molar-refractivity contribution is 7.89. The Kier molecular flexibility index (Phi) is 8.50. The average molecular weight is 468 g/mol. The molecule has 1 aromatic carbocycles. The highest BCUT2D eigenvalue weighted by Gasteiger charge is 2.29. The van der Waals surface area contributed by atoms with Crippen molar-refractivity contribution in [3.63, 3.8) is 0 Å². The Labute approximate surface area is 190 Å². The van der Waals surface area contributed by atoms with Gasteiger partial charge >= 0.3 is 5.97 Å². The second-order valence-electron chi connectivity index (χ2n) is 7.89. The first-order valence-electron chi connectivity index (χ1n) is 11.3. The third-order valence-electron chi connectivity index (χ3n) is 5.94. The van der Waals surface area contributed by atoms with Crippen LogP contribution in [-0.2, 0) is 24.3 Å². The Morgan fingerprint density at radius 1 is 1.03 bits per heavy atom. The van der Waals surface area contributed by atoms with E-state index < -0.39 is 16.0 Å². The van der Waals surface area contributed by atoms with Crippen molar-refractivity contribution in [1.82, 2.24) is 9.21 Å². The zero-order valence-corrected chi connectivity index (χ0v) is 19.7. The second kappa shape index (κ2) is 11.1. The summed E-state index contributed by atoms with van der Waals surface area (Å²) in [7, 11) is -3.77. The SMILES string of the molecule is CCN(CC)C(=O)COC(=O)c1cc(S(=O)(=O)N2CCOCC2)ccc1N1CCCCC1. The molecule has 2 heterocycles. The third-order valence-corrected chi connectivity index (χ3v) is 7.83. The number of sulfonamides is 1. The number of hydrogen-bond donors (Lipinski definition) is 0. The first-order chi connectivity index (χ1) is 15.4. The van der Waals surface area contributed by atoms with Crippen LogP contribution in [0.4, 0.5) is 5.69 Å². The summed E-state index contributed by atoms with van der Waals surface area (Å²) in [5.41, 5.74) is 0.819. The maximum absolute atomic E-state index is 13.1. The molecule has 0 aliphatic carbocycles. The molecule has 10 heteroatoms. The van der Waals surface area contributed by atoms with Crippen molar-refractivity contribution in [3.8, 4) is 0 Å². The van der Waals surface area contributed by atoms with Crippen molar-refractivity contribution in [2.75, 3.05) is 64.0 Å². The number of hydrogen-bond acceptors (Lipinski definition) is 7. The number of amides is 1. The molecule has 178 valence electrons. The molecule has 1 amide bonds. The molecule has 1 aromatic rings. The fourth-order valence-electron chi connectivity index (χ4n) is 4.06. The quantitative estimate of drug-likeness (QED) is 0.537. The van der Waals surface area contributed by atoms with Gasteiger partial charge in [0.1, 0.15) is 0 Å². The van der Waals surface area contributed by atoms with Crippen LogP contribution in [0.25, 0.3) is 0 Å². The molecule has 0 spiro atoms. The largest absolute Gasteiger partial charge is 0.452 e. The Hall–Kier alpha value is -2.17. The molecule has 2 fully saturated rings. The zero-order valence-electron chi connectivity index (χ0n) is 18.9. The molecule has 2 aliphatic heterocycles. The number of carbonyl (C=O) groups is 2. The molecule has 0 unspecified atom stereocenters. The summed E-state index contributed by atoms with van der Waals surface area (Å²) in [6.45, 7) is 7.19. The highest BCUT2D eigenvalue weighted by Crippen LogP contribution is 2.29. The van der Waals surface area contributed by atoms with E-state index >= 15 is 0 Å². The van der Waals surface area contributed by atoms with Crippen LogP contribution in [-0.4, -0.2) is 88.6 Å². The van der Waals surface area contributed by atoms with E-state index in [1.807, 2.05) is 13.8 Å². The van der Waals surface area contributed by atoms with E-state index in [4.69, 9.17) is 9.47 Å². The van der Waals surface area contributed by atoms with Gasteiger partial charge in [0.2, 0.25) is 10.0 Å². The Bertz CT molecular complexity index is 904. The summed E-state index contributed by atoms with van der Waals surface area (Å²) >= 11 is 0. The van der Waals surface area contributed by atoms with Gasteiger partial charge in [-0.2, -0.15) is 4.31 Å². The van der Waals surface area contributed by atoms with Gasteiger partial charge in [0.25, 0.3) is 5.91 Å². The van der Waals surface area contributed by atoms with Crippen LogP contribution in [0.15, 0.2) is 23.1 Å². The van der Waals surface area contributed by atoms with Crippen molar-refractivity contribution < 1.29 is 27.5 Å². The van der Waals surface area contributed by atoms with Gasteiger partial charge in [-0.1, -0.05) is 0 Å². The average Bonchev–Trinajstić information content (AvgIpc) is 2.84. The summed E-state index contributed by atoms with van der Waals surface area (Å²) in [6.07, 6.45) is 3.13. The van der Waals surface area contributed by atoms with Crippen molar-refractivity contribution >= 4 is 27.6 Å². The van der Waals surface area contributed by atoms with E-state index in [1.165, 1.54) is 10.4 Å². The van der Waals surface area contributed by atoms with Crippen molar-refractivity contribution in [1.29, 1.82) is 0 Å². The smallest absolute Gasteiger partial charge is 0.340 e. The first-order valence-corrected chi connectivity index (χ1v) is 12.7. The van der Waals surface area contributed by atoms with Gasteiger partial charge in [0.05, 0.1) is 29.4 Å². The summed E-state index contributed by atoms with van der Waals surface area (Å²) < 4.78 is 38.2. The minimum absolute atomic E-state index is 0.0437. The first kappa shape index (κ1) is 24.5. The van der Waals surface area contributed by atoms with Crippen LogP contribution >= 0.6 is 0 Å². The number of piperidine rings is 1. The van der Waals surface area contributed by atoms with Crippen LogP contribution in [0.3, 0.4) is 0 Å². The van der Waals surface area contributed by atoms with Gasteiger partial charge in [-0.25, -0.2) is 13.2 Å². The van der Waals surface area contributed by atoms with Gasteiger partial charge in [-0.05, 0) is 51.3 Å². The number of rotatable bonds is 8. The molecule has 0 saturated carbocycles. The van der Waals surface area contributed by atoms with E-state index in [1.54, 1.807) is 17.0 Å². The molecule has 3 rings (SSSR count). The normalized spacial score (nSPS) is 17.8. The molecule has 32 heavy (non-hydrogen) atoms. The van der Waals surface area contributed by atoms with Gasteiger partial charge in [0.15, 0.2) is 6.61 Å². The summed E-state index contributed by atoms with van der Waals surface area (Å²) in [4.78, 5) is 29.0. The molecular formula is C22H33N3O6S. The molecule has 0 bridgehead atoms. The zero-order chi connectivity index (χ0) is 23.1. The third kappa shape index (κ3) is 5.60. The second-order valence-corrected chi connectivity index (χ2v) is 9.82. The lowest BCUT2D eigenvalue weighted by atomic mass is 10.1. The lowest BCUT2D eigenvalue weighted by molar-refractivity contribution is -0.134. The molecule has 0 atom stereocenters. The standard InChI is InChI=1S/C22H33N3O6S/c1-3-23(4-2)21(26)17-31-22(27)19-16-18(32(28,29)25-12-14-30-15-13-25)8-9-20(19)24-10-6-5-7-11-24/h8-9,16H,3-7,10-15,17H2,1-2H3. The molecular weight excluding hydrogens is 434 g/mol. The van der Waals surface area contributed by atoms with Crippen molar-refractivity contribution in [2.45, 2.75) is 38.0 Å². The van der Waals surface area contributed by atoms with E-state index in [0.29, 0.717) is 32.0 Å². The number of anilines is 1. The number of ether oxygens (including phenoxy) is 2. The fraction of sp³-hybridized carbons (Fsp3) is 0.636. The number of benzene rings is 1. The van der Waals surface area contributed by atoms with Crippen LogP contribution in [0.1, 0.15) is 43.5 Å². The van der Waals surface area contributed by atoms with E-state index in [9.17, 15) is 18.0 Å². The van der Waals surface area contributed by atoms with Gasteiger partial charge in [-0.3, -0.25) is 4.79 Å². The van der Waals surface area contributed by atoms with Gasteiger partial charge < -0.3 is 19.3 Å². The molecule has 2 saturated heterocycles. The Morgan fingerprint density at radius 2 is 1.69 bits per heavy atom. The number of nitrogens with zero attached hydrogens (tertiary/aromatic N) is 3. The number of morpholine rings is 1. The van der Waals surface area contributed by atoms with Gasteiger partial charge in [-0.15, -0.1) is 0 Å². The van der Waals surface area contributed by atoms with Crippen LogP contribution in [0.5, 0.6) is 0 Å². The van der Waals surface area contributed by atoms with Crippen molar-refractivity contribution in [3.05, 3.63) is 23.8 Å². The number of carbonyl (C=O) groups excluding carboxylic acids is 2. The minimum Gasteiger partial charge on any atom is -0.452 e. The van der Waals surface area contributed by atoms with Crippen LogP contribution in [0.2, 0.25) is 0 Å². The molecule has 2 aliphatic rings. The molecule has 0 N–H and O–H groups in total. The maximum atomic E-state index is 13.1. The lowest BCUT2D eigenvalue weighted by Gasteiger charge is -2.31. The Balaban J connectivity index is 1.88. The van der Waals surface area contributed by atoms with E-state index in [-0.39, 0.29) is 36.1 Å². The van der Waals surface area contributed by atoms with Crippen molar-refractivity contribution in [2.24, 2.45) is 0 Å². The van der Waals surface area contributed by atoms with E-state index in [2.05, 4.69) is 4.90 Å². The summed E-state index contributed by atoms with van der Waals surface area (Å²) in [6, 6.07) is 4.62. The molecule has 0 aromatic heterocycles. The number of esters is 1. The Morgan fingerprint density at radius 3 is 2.31 bits per heavy atom. The van der Waals surface area contributed by atoms with E-state index in [0.717, 1.165) is 32.4 Å². The molecule has 0 radical (unpaired) electrons. The fourth-order valence-corrected chi connectivity index (χ4v) is 5.49. The van der Waals surface area contributed by atoms with Crippen LogP contribution < -0.4 is 4.90 Å².